The van der Waals surface area contributed by atoms with E-state index in [0.717, 1.165) is 5.56 Å². The number of carbonyl (C=O) groups excluding carboxylic acids is 2. The van der Waals surface area contributed by atoms with Crippen molar-refractivity contribution in [3.63, 3.8) is 0 Å². The molecule has 0 unspecified atom stereocenters. The van der Waals surface area contributed by atoms with Gasteiger partial charge in [-0.25, -0.2) is 0 Å². The molecule has 0 radical (unpaired) electrons. The highest BCUT2D eigenvalue weighted by molar-refractivity contribution is 6.46. The lowest BCUT2D eigenvalue weighted by Gasteiger charge is -2.19. The summed E-state index contributed by atoms with van der Waals surface area (Å²) in [5, 5.41) is 2.45. The van der Waals surface area contributed by atoms with Crippen molar-refractivity contribution in [1.29, 1.82) is 0 Å². The van der Waals surface area contributed by atoms with Crippen LogP contribution in [0.25, 0.3) is 5.70 Å². The predicted octanol–water partition coefficient (Wildman–Crippen LogP) is 2.09. The zero-order chi connectivity index (χ0) is 11.9. The van der Waals surface area contributed by atoms with E-state index in [4.69, 9.17) is 0 Å². The molecule has 3 nitrogen and oxygen atoms in total. The Bertz CT molecular complexity index is 501. The molecule has 0 aliphatic carbocycles. The fraction of sp³-hybridized carbons (Fsp3) is 0.231. The normalized spacial score (nSPS) is 15.1. The van der Waals surface area contributed by atoms with Gasteiger partial charge < -0.3 is 5.32 Å². The van der Waals surface area contributed by atoms with E-state index in [1.165, 1.54) is 0 Å². The summed E-state index contributed by atoms with van der Waals surface area (Å²) in [4.78, 5) is 23.0. The standard InChI is InChI=1S/C13H13NO2/c1-7(2)9-4-5-10-8(3)14-13(16)12(15)11(10)6-9/h4-7H,3H2,1-2H3,(H,14,16). The molecule has 0 fully saturated rings. The van der Waals surface area contributed by atoms with Crippen LogP contribution in [0.3, 0.4) is 0 Å². The van der Waals surface area contributed by atoms with Gasteiger partial charge in [0.15, 0.2) is 0 Å². The number of ketones is 1. The van der Waals surface area contributed by atoms with Gasteiger partial charge in [-0.1, -0.05) is 32.6 Å². The second-order valence-electron chi connectivity index (χ2n) is 4.22. The summed E-state index contributed by atoms with van der Waals surface area (Å²) in [7, 11) is 0. The van der Waals surface area contributed by atoms with Gasteiger partial charge in [-0.3, -0.25) is 9.59 Å². The molecule has 1 aromatic rings. The van der Waals surface area contributed by atoms with Crippen molar-refractivity contribution >= 4 is 17.4 Å². The Morgan fingerprint density at radius 3 is 2.50 bits per heavy atom. The number of benzene rings is 1. The highest BCUT2D eigenvalue weighted by Crippen LogP contribution is 2.25. The van der Waals surface area contributed by atoms with Crippen LogP contribution in [-0.4, -0.2) is 11.7 Å². The lowest BCUT2D eigenvalue weighted by atomic mass is 9.92. The van der Waals surface area contributed by atoms with Gasteiger partial charge in [0.05, 0.1) is 0 Å². The average molecular weight is 215 g/mol. The molecular weight excluding hydrogens is 202 g/mol. The third kappa shape index (κ3) is 1.54. The Labute approximate surface area is 94.2 Å². The maximum absolute atomic E-state index is 11.7. The second-order valence-corrected chi connectivity index (χ2v) is 4.22. The maximum atomic E-state index is 11.7. The van der Waals surface area contributed by atoms with Crippen LogP contribution in [0, 0.1) is 0 Å². The minimum Gasteiger partial charge on any atom is -0.319 e. The number of fused-ring (bicyclic) bond motifs is 1. The number of hydrogen-bond donors (Lipinski definition) is 1. The van der Waals surface area contributed by atoms with Crippen LogP contribution in [0.15, 0.2) is 24.8 Å². The number of rotatable bonds is 1. The molecule has 1 aromatic carbocycles. The van der Waals surface area contributed by atoms with E-state index in [1.807, 2.05) is 26.0 Å². The summed E-state index contributed by atoms with van der Waals surface area (Å²) in [6.45, 7) is 7.82. The minimum atomic E-state index is -0.599. The summed E-state index contributed by atoms with van der Waals surface area (Å²) in [5.74, 6) is -0.750. The Balaban J connectivity index is 2.60. The molecule has 1 N–H and O–H groups in total. The van der Waals surface area contributed by atoms with Crippen LogP contribution in [0.2, 0.25) is 0 Å². The number of hydrogen-bond acceptors (Lipinski definition) is 2. The maximum Gasteiger partial charge on any atom is 0.296 e. The number of Topliss-reactive ketones (excluding diaryl/α,β-unsaturated/α-hetero) is 1. The summed E-state index contributed by atoms with van der Waals surface area (Å²) < 4.78 is 0. The van der Waals surface area contributed by atoms with Gasteiger partial charge in [0.25, 0.3) is 11.7 Å². The third-order valence-electron chi connectivity index (χ3n) is 2.75. The molecule has 1 amide bonds. The smallest absolute Gasteiger partial charge is 0.296 e. The monoisotopic (exact) mass is 215 g/mol. The molecule has 3 heteroatoms. The SMILES string of the molecule is C=C1NC(=O)C(=O)c2cc(C(C)C)ccc21. The molecule has 0 spiro atoms. The molecule has 16 heavy (non-hydrogen) atoms. The van der Waals surface area contributed by atoms with E-state index in [9.17, 15) is 9.59 Å². The lowest BCUT2D eigenvalue weighted by Crippen LogP contribution is -2.35. The molecular formula is C13H13NO2. The first-order valence-corrected chi connectivity index (χ1v) is 5.19. The Kier molecular flexibility index (Phi) is 2.38. The molecule has 1 aliphatic heterocycles. The van der Waals surface area contributed by atoms with E-state index >= 15 is 0 Å². The van der Waals surface area contributed by atoms with Crippen LogP contribution >= 0.6 is 0 Å². The highest BCUT2D eigenvalue weighted by atomic mass is 16.2. The highest BCUT2D eigenvalue weighted by Gasteiger charge is 2.27. The molecule has 1 aliphatic rings. The first-order chi connectivity index (χ1) is 7.50. The van der Waals surface area contributed by atoms with Gasteiger partial charge in [-0.05, 0) is 17.5 Å². The van der Waals surface area contributed by atoms with Crippen molar-refractivity contribution in [2.75, 3.05) is 0 Å². The van der Waals surface area contributed by atoms with E-state index in [0.29, 0.717) is 22.7 Å². The summed E-state index contributed by atoms with van der Waals surface area (Å²) in [6.07, 6.45) is 0. The molecule has 0 atom stereocenters. The van der Waals surface area contributed by atoms with E-state index < -0.39 is 11.7 Å². The Hall–Kier alpha value is -1.90. The van der Waals surface area contributed by atoms with Gasteiger partial charge in [0, 0.05) is 16.8 Å². The number of carbonyl (C=O) groups is 2. The van der Waals surface area contributed by atoms with Crippen LogP contribution in [0.1, 0.15) is 41.3 Å². The van der Waals surface area contributed by atoms with Gasteiger partial charge in [0.1, 0.15) is 0 Å². The van der Waals surface area contributed by atoms with Crippen LogP contribution in [0.4, 0.5) is 0 Å². The predicted molar refractivity (Wildman–Crippen MR) is 62.0 cm³/mol. The molecule has 82 valence electrons. The second kappa shape index (κ2) is 3.59. The van der Waals surface area contributed by atoms with Crippen LogP contribution < -0.4 is 5.32 Å². The van der Waals surface area contributed by atoms with Crippen LogP contribution in [0.5, 0.6) is 0 Å². The van der Waals surface area contributed by atoms with Crippen molar-refractivity contribution in [2.24, 2.45) is 0 Å². The minimum absolute atomic E-state index is 0.330. The summed E-state index contributed by atoms with van der Waals surface area (Å²) >= 11 is 0. The fourth-order valence-corrected chi connectivity index (χ4v) is 1.76. The van der Waals surface area contributed by atoms with Crippen LogP contribution in [-0.2, 0) is 4.79 Å². The van der Waals surface area contributed by atoms with Gasteiger partial charge in [-0.2, -0.15) is 0 Å². The van der Waals surface area contributed by atoms with Crippen molar-refractivity contribution in [3.05, 3.63) is 41.5 Å². The Morgan fingerprint density at radius 2 is 1.88 bits per heavy atom. The van der Waals surface area contributed by atoms with E-state index in [-0.39, 0.29) is 0 Å². The molecule has 0 aromatic heterocycles. The Morgan fingerprint density at radius 1 is 1.19 bits per heavy atom. The van der Waals surface area contributed by atoms with Gasteiger partial charge >= 0.3 is 0 Å². The van der Waals surface area contributed by atoms with Crippen molar-refractivity contribution in [1.82, 2.24) is 5.32 Å². The largest absolute Gasteiger partial charge is 0.319 e. The third-order valence-corrected chi connectivity index (χ3v) is 2.75. The number of nitrogens with one attached hydrogen (secondary N) is 1. The molecule has 2 rings (SSSR count). The quantitative estimate of drug-likeness (QED) is 0.729. The van der Waals surface area contributed by atoms with Gasteiger partial charge in [-0.15, -0.1) is 0 Å². The van der Waals surface area contributed by atoms with Crippen molar-refractivity contribution in [2.45, 2.75) is 19.8 Å². The van der Waals surface area contributed by atoms with Crippen molar-refractivity contribution < 1.29 is 9.59 Å². The first kappa shape index (κ1) is 10.6. The summed E-state index contributed by atoms with van der Waals surface area (Å²) in [6, 6.07) is 5.58. The van der Waals surface area contributed by atoms with E-state index in [1.54, 1.807) is 6.07 Å². The molecule has 0 bridgehead atoms. The van der Waals surface area contributed by atoms with Crippen molar-refractivity contribution in [3.8, 4) is 0 Å². The molecule has 1 heterocycles. The summed E-state index contributed by atoms with van der Waals surface area (Å²) in [5.41, 5.74) is 2.72. The first-order valence-electron chi connectivity index (χ1n) is 5.19. The number of amides is 1. The molecule has 0 saturated carbocycles. The average Bonchev–Trinajstić information content (AvgIpc) is 2.25. The molecule has 0 saturated heterocycles. The zero-order valence-electron chi connectivity index (χ0n) is 9.33. The fourth-order valence-electron chi connectivity index (χ4n) is 1.76. The zero-order valence-corrected chi connectivity index (χ0v) is 9.33. The lowest BCUT2D eigenvalue weighted by molar-refractivity contribution is -0.116. The van der Waals surface area contributed by atoms with E-state index in [2.05, 4.69) is 11.9 Å². The van der Waals surface area contributed by atoms with Gasteiger partial charge in [0.2, 0.25) is 0 Å². The topological polar surface area (TPSA) is 46.2 Å².